The summed E-state index contributed by atoms with van der Waals surface area (Å²) >= 11 is 0. The minimum Gasteiger partial charge on any atom is -0.330 e. The molecule has 0 aliphatic heterocycles. The highest BCUT2D eigenvalue weighted by atomic mass is 32.2. The summed E-state index contributed by atoms with van der Waals surface area (Å²) in [6.45, 7) is 1.94. The van der Waals surface area contributed by atoms with E-state index >= 15 is 0 Å². The van der Waals surface area contributed by atoms with Crippen molar-refractivity contribution < 1.29 is 8.60 Å². The van der Waals surface area contributed by atoms with Gasteiger partial charge in [0.1, 0.15) is 6.67 Å². The van der Waals surface area contributed by atoms with Crippen LogP contribution in [-0.2, 0) is 10.8 Å². The Labute approximate surface area is 63.4 Å². The first kappa shape index (κ1) is 10.0. The molecule has 2 atom stereocenters. The lowest BCUT2D eigenvalue weighted by Gasteiger charge is -2.05. The Morgan fingerprint density at radius 1 is 1.70 bits per heavy atom. The lowest BCUT2D eigenvalue weighted by Crippen LogP contribution is -2.19. The van der Waals surface area contributed by atoms with Gasteiger partial charge in [-0.1, -0.05) is 6.92 Å². The van der Waals surface area contributed by atoms with E-state index in [0.717, 1.165) is 0 Å². The van der Waals surface area contributed by atoms with Gasteiger partial charge < -0.3 is 5.73 Å². The molecule has 0 aliphatic rings. The number of halogens is 1. The molecule has 0 bridgehead atoms. The predicted octanol–water partition coefficient (Wildman–Crippen LogP) is 0.299. The molecule has 0 saturated carbocycles. The van der Waals surface area contributed by atoms with Crippen molar-refractivity contribution in [2.45, 2.75) is 6.92 Å². The van der Waals surface area contributed by atoms with Gasteiger partial charge in [0.05, 0.1) is 5.75 Å². The van der Waals surface area contributed by atoms with Crippen molar-refractivity contribution in [2.75, 3.05) is 24.7 Å². The van der Waals surface area contributed by atoms with Gasteiger partial charge in [-0.3, -0.25) is 8.60 Å². The van der Waals surface area contributed by atoms with Crippen LogP contribution in [0.15, 0.2) is 0 Å². The standard InChI is InChI=1S/C6H14FNOS/c1-6(4-8)5-10(9)3-2-7/h6H,2-5,8H2,1H3. The third kappa shape index (κ3) is 4.88. The summed E-state index contributed by atoms with van der Waals surface area (Å²) in [5, 5.41) is 0. The molecule has 2 nitrogen and oxygen atoms in total. The minimum atomic E-state index is -1.01. The zero-order valence-corrected chi connectivity index (χ0v) is 6.99. The fraction of sp³-hybridized carbons (Fsp3) is 1.00. The summed E-state index contributed by atoms with van der Waals surface area (Å²) in [4.78, 5) is 0. The van der Waals surface area contributed by atoms with Gasteiger partial charge in [0.15, 0.2) is 0 Å². The normalized spacial score (nSPS) is 16.7. The van der Waals surface area contributed by atoms with Crippen molar-refractivity contribution in [1.82, 2.24) is 0 Å². The van der Waals surface area contributed by atoms with E-state index in [-0.39, 0.29) is 11.7 Å². The highest BCUT2D eigenvalue weighted by Gasteiger charge is 2.04. The average Bonchev–Trinajstić information content (AvgIpc) is 1.88. The Balaban J connectivity index is 3.37. The van der Waals surface area contributed by atoms with Crippen molar-refractivity contribution in [3.8, 4) is 0 Å². The van der Waals surface area contributed by atoms with Gasteiger partial charge in [-0.25, -0.2) is 0 Å². The van der Waals surface area contributed by atoms with Crippen molar-refractivity contribution in [2.24, 2.45) is 11.7 Å². The van der Waals surface area contributed by atoms with Crippen molar-refractivity contribution in [3.63, 3.8) is 0 Å². The average molecular weight is 167 g/mol. The van der Waals surface area contributed by atoms with E-state index in [2.05, 4.69) is 0 Å². The molecule has 0 aromatic carbocycles. The van der Waals surface area contributed by atoms with E-state index in [1.54, 1.807) is 0 Å². The van der Waals surface area contributed by atoms with Crippen LogP contribution in [0.2, 0.25) is 0 Å². The van der Waals surface area contributed by atoms with Crippen LogP contribution in [-0.4, -0.2) is 28.9 Å². The molecule has 10 heavy (non-hydrogen) atoms. The van der Waals surface area contributed by atoms with Crippen molar-refractivity contribution in [1.29, 1.82) is 0 Å². The summed E-state index contributed by atoms with van der Waals surface area (Å²) in [5.41, 5.74) is 5.29. The quantitative estimate of drug-likeness (QED) is 0.640. The van der Waals surface area contributed by atoms with E-state index in [9.17, 15) is 8.60 Å². The topological polar surface area (TPSA) is 43.1 Å². The molecule has 0 aromatic rings. The third-order valence-electron chi connectivity index (χ3n) is 1.18. The maximum atomic E-state index is 11.6. The van der Waals surface area contributed by atoms with Gasteiger partial charge in [0.2, 0.25) is 0 Å². The Bertz CT molecular complexity index is 110. The van der Waals surface area contributed by atoms with Gasteiger partial charge in [-0.15, -0.1) is 0 Å². The summed E-state index contributed by atoms with van der Waals surface area (Å²) in [6.07, 6.45) is 0. The molecule has 0 heterocycles. The lowest BCUT2D eigenvalue weighted by atomic mass is 10.2. The summed E-state index contributed by atoms with van der Waals surface area (Å²) in [7, 11) is -1.01. The predicted molar refractivity (Wildman–Crippen MR) is 42.1 cm³/mol. The molecule has 0 fully saturated rings. The second-order valence-corrected chi connectivity index (χ2v) is 3.96. The first-order chi connectivity index (χ1) is 4.70. The highest BCUT2D eigenvalue weighted by molar-refractivity contribution is 7.85. The Hall–Kier alpha value is 0.0400. The van der Waals surface area contributed by atoms with Crippen LogP contribution in [0.4, 0.5) is 4.39 Å². The number of rotatable bonds is 5. The molecular weight excluding hydrogens is 153 g/mol. The molecule has 2 N–H and O–H groups in total. The smallest absolute Gasteiger partial charge is 0.101 e. The molecule has 4 heteroatoms. The molecule has 0 rings (SSSR count). The minimum absolute atomic E-state index is 0.157. The molecule has 2 unspecified atom stereocenters. The van der Waals surface area contributed by atoms with E-state index in [1.165, 1.54) is 0 Å². The van der Waals surface area contributed by atoms with Gasteiger partial charge in [0.25, 0.3) is 0 Å². The van der Waals surface area contributed by atoms with Crippen LogP contribution in [0, 0.1) is 5.92 Å². The van der Waals surface area contributed by atoms with Crippen LogP contribution < -0.4 is 5.73 Å². The number of nitrogens with two attached hydrogens (primary N) is 1. The molecule has 62 valence electrons. The van der Waals surface area contributed by atoms with E-state index in [1.807, 2.05) is 6.92 Å². The van der Waals surface area contributed by atoms with Gasteiger partial charge in [-0.2, -0.15) is 0 Å². The number of hydrogen-bond donors (Lipinski definition) is 1. The maximum Gasteiger partial charge on any atom is 0.101 e. The van der Waals surface area contributed by atoms with Crippen LogP contribution in [0.25, 0.3) is 0 Å². The molecule has 0 radical (unpaired) electrons. The van der Waals surface area contributed by atoms with Crippen LogP contribution >= 0.6 is 0 Å². The largest absolute Gasteiger partial charge is 0.330 e. The van der Waals surface area contributed by atoms with E-state index in [0.29, 0.717) is 12.3 Å². The second-order valence-electron chi connectivity index (χ2n) is 2.34. The zero-order valence-electron chi connectivity index (χ0n) is 6.18. The maximum absolute atomic E-state index is 11.6. The molecule has 0 aliphatic carbocycles. The Morgan fingerprint density at radius 2 is 2.30 bits per heavy atom. The van der Waals surface area contributed by atoms with Gasteiger partial charge in [0, 0.05) is 16.6 Å². The SMILES string of the molecule is CC(CN)CS(=O)CCF. The molecule has 0 spiro atoms. The van der Waals surface area contributed by atoms with Crippen LogP contribution in [0.3, 0.4) is 0 Å². The highest BCUT2D eigenvalue weighted by Crippen LogP contribution is 1.95. The van der Waals surface area contributed by atoms with Crippen LogP contribution in [0.5, 0.6) is 0 Å². The lowest BCUT2D eigenvalue weighted by molar-refractivity contribution is 0.527. The fourth-order valence-corrected chi connectivity index (χ4v) is 1.66. The Kier molecular flexibility index (Phi) is 5.82. The fourth-order valence-electron chi connectivity index (χ4n) is 0.555. The summed E-state index contributed by atoms with van der Waals surface area (Å²) in [6, 6.07) is 0. The molecule has 0 amide bonds. The molecule has 0 saturated heterocycles. The summed E-state index contributed by atoms with van der Waals surface area (Å²) in [5.74, 6) is 0.928. The van der Waals surface area contributed by atoms with E-state index in [4.69, 9.17) is 5.73 Å². The first-order valence-corrected chi connectivity index (χ1v) is 4.80. The first-order valence-electron chi connectivity index (χ1n) is 3.31. The van der Waals surface area contributed by atoms with Crippen molar-refractivity contribution >= 4 is 10.8 Å². The number of hydrogen-bond acceptors (Lipinski definition) is 2. The molecule has 0 aromatic heterocycles. The van der Waals surface area contributed by atoms with Crippen molar-refractivity contribution in [3.05, 3.63) is 0 Å². The van der Waals surface area contributed by atoms with Gasteiger partial charge in [-0.05, 0) is 12.5 Å². The third-order valence-corrected chi connectivity index (χ3v) is 2.73. The summed E-state index contributed by atoms with van der Waals surface area (Å²) < 4.78 is 22.4. The number of alkyl halides is 1. The van der Waals surface area contributed by atoms with Crippen LogP contribution in [0.1, 0.15) is 6.92 Å². The van der Waals surface area contributed by atoms with Gasteiger partial charge >= 0.3 is 0 Å². The Morgan fingerprint density at radius 3 is 2.70 bits per heavy atom. The molecular formula is C6H14FNOS. The van der Waals surface area contributed by atoms with E-state index < -0.39 is 17.5 Å². The zero-order chi connectivity index (χ0) is 7.98. The second kappa shape index (κ2) is 5.80. The monoisotopic (exact) mass is 167 g/mol.